The van der Waals surface area contributed by atoms with E-state index in [9.17, 15) is 9.59 Å². The van der Waals surface area contributed by atoms with Gasteiger partial charge in [-0.1, -0.05) is 18.2 Å². The summed E-state index contributed by atoms with van der Waals surface area (Å²) in [6, 6.07) is 11.1. The Morgan fingerprint density at radius 2 is 2.05 bits per heavy atom. The number of carbonyl (C=O) groups is 2. The van der Waals surface area contributed by atoms with Crippen molar-refractivity contribution in [2.45, 2.75) is 25.8 Å². The van der Waals surface area contributed by atoms with Gasteiger partial charge >= 0.3 is 0 Å². The number of nitrogens with one attached hydrogen (secondary N) is 1. The van der Waals surface area contributed by atoms with Crippen molar-refractivity contribution in [3.8, 4) is 0 Å². The van der Waals surface area contributed by atoms with Crippen molar-refractivity contribution in [3.63, 3.8) is 0 Å². The normalized spacial score (nSPS) is 10.3. The molecule has 0 spiro atoms. The highest BCUT2D eigenvalue weighted by Crippen LogP contribution is 2.12. The van der Waals surface area contributed by atoms with Crippen molar-refractivity contribution in [1.29, 1.82) is 0 Å². The van der Waals surface area contributed by atoms with Crippen LogP contribution in [0.15, 0.2) is 41.8 Å². The quantitative estimate of drug-likeness (QED) is 0.824. The molecule has 0 bridgehead atoms. The van der Waals surface area contributed by atoms with E-state index in [1.54, 1.807) is 29.5 Å². The molecule has 0 fully saturated rings. The van der Waals surface area contributed by atoms with Crippen molar-refractivity contribution in [1.82, 2.24) is 5.32 Å². The molecule has 1 aromatic heterocycles. The standard InChI is InChI=1S/C16H18N2O2S/c17-16(20)13-5-1-4-12(10-13)11-18-15(19)8-2-6-14-7-3-9-21-14/h1,3-5,7,9-10H,2,6,8,11H2,(H2,17,20)(H,18,19). The van der Waals surface area contributed by atoms with Crippen LogP contribution in [0.3, 0.4) is 0 Å². The Hall–Kier alpha value is -2.14. The number of thiophene rings is 1. The Morgan fingerprint density at radius 1 is 1.19 bits per heavy atom. The minimum Gasteiger partial charge on any atom is -0.366 e. The fraction of sp³-hybridized carbons (Fsp3) is 0.250. The first-order valence-electron chi connectivity index (χ1n) is 6.83. The average Bonchev–Trinajstić information content (AvgIpc) is 2.99. The van der Waals surface area contributed by atoms with Crippen molar-refractivity contribution in [2.75, 3.05) is 0 Å². The summed E-state index contributed by atoms with van der Waals surface area (Å²) in [4.78, 5) is 24.1. The predicted octanol–water partition coefficient (Wildman–Crippen LogP) is 2.49. The largest absolute Gasteiger partial charge is 0.366 e. The van der Waals surface area contributed by atoms with Gasteiger partial charge < -0.3 is 11.1 Å². The highest BCUT2D eigenvalue weighted by Gasteiger charge is 2.04. The number of hydrogen-bond donors (Lipinski definition) is 2. The van der Waals surface area contributed by atoms with Crippen molar-refractivity contribution in [3.05, 3.63) is 57.8 Å². The van der Waals surface area contributed by atoms with Gasteiger partial charge in [0.2, 0.25) is 11.8 Å². The lowest BCUT2D eigenvalue weighted by Gasteiger charge is -2.06. The van der Waals surface area contributed by atoms with E-state index in [0.29, 0.717) is 18.5 Å². The van der Waals surface area contributed by atoms with Crippen LogP contribution in [0.4, 0.5) is 0 Å². The Kier molecular flexibility index (Phi) is 5.51. The summed E-state index contributed by atoms with van der Waals surface area (Å²) >= 11 is 1.71. The monoisotopic (exact) mass is 302 g/mol. The molecular weight excluding hydrogens is 284 g/mol. The highest BCUT2D eigenvalue weighted by atomic mass is 32.1. The Morgan fingerprint density at radius 3 is 2.76 bits per heavy atom. The predicted molar refractivity (Wildman–Crippen MR) is 84.1 cm³/mol. The van der Waals surface area contributed by atoms with Crippen LogP contribution in [0.25, 0.3) is 0 Å². The molecule has 2 aromatic rings. The summed E-state index contributed by atoms with van der Waals surface area (Å²) in [7, 11) is 0. The van der Waals surface area contributed by atoms with Gasteiger partial charge in [0, 0.05) is 23.4 Å². The van der Waals surface area contributed by atoms with Gasteiger partial charge in [-0.3, -0.25) is 9.59 Å². The molecule has 3 N–H and O–H groups in total. The number of aryl methyl sites for hydroxylation is 1. The second-order valence-corrected chi connectivity index (χ2v) is 5.81. The molecule has 0 saturated carbocycles. The third kappa shape index (κ3) is 5.04. The summed E-state index contributed by atoms with van der Waals surface area (Å²) < 4.78 is 0. The molecule has 1 heterocycles. The third-order valence-electron chi connectivity index (χ3n) is 3.11. The van der Waals surface area contributed by atoms with E-state index in [2.05, 4.69) is 11.4 Å². The summed E-state index contributed by atoms with van der Waals surface area (Å²) in [5.41, 5.74) is 6.56. The van der Waals surface area contributed by atoms with E-state index < -0.39 is 5.91 Å². The van der Waals surface area contributed by atoms with Gasteiger partial charge in [-0.05, 0) is 42.0 Å². The first-order valence-corrected chi connectivity index (χ1v) is 7.71. The molecule has 0 saturated heterocycles. The summed E-state index contributed by atoms with van der Waals surface area (Å²) in [6.07, 6.45) is 2.28. The van der Waals surface area contributed by atoms with Crippen molar-refractivity contribution >= 4 is 23.2 Å². The molecule has 110 valence electrons. The second-order valence-electron chi connectivity index (χ2n) is 4.77. The molecule has 1 aromatic carbocycles. The number of amides is 2. The smallest absolute Gasteiger partial charge is 0.248 e. The van der Waals surface area contributed by atoms with Crippen molar-refractivity contribution < 1.29 is 9.59 Å². The lowest BCUT2D eigenvalue weighted by molar-refractivity contribution is -0.121. The van der Waals surface area contributed by atoms with Crippen LogP contribution >= 0.6 is 11.3 Å². The van der Waals surface area contributed by atoms with E-state index in [1.165, 1.54) is 4.88 Å². The van der Waals surface area contributed by atoms with Crippen LogP contribution in [-0.2, 0) is 17.8 Å². The second kappa shape index (κ2) is 7.59. The van der Waals surface area contributed by atoms with Crippen LogP contribution in [0.1, 0.15) is 33.6 Å². The topological polar surface area (TPSA) is 72.2 Å². The van der Waals surface area contributed by atoms with Gasteiger partial charge in [0.1, 0.15) is 0 Å². The molecule has 0 unspecified atom stereocenters. The molecule has 2 rings (SSSR count). The molecule has 0 aliphatic carbocycles. The number of benzene rings is 1. The number of hydrogen-bond acceptors (Lipinski definition) is 3. The minimum atomic E-state index is -0.459. The Bertz CT molecular complexity index is 608. The molecule has 4 nitrogen and oxygen atoms in total. The minimum absolute atomic E-state index is 0.0241. The number of nitrogens with two attached hydrogens (primary N) is 1. The van der Waals surface area contributed by atoms with E-state index in [1.807, 2.05) is 17.5 Å². The van der Waals surface area contributed by atoms with Crippen LogP contribution in [0.2, 0.25) is 0 Å². The molecule has 0 atom stereocenters. The maximum atomic E-state index is 11.8. The lowest BCUT2D eigenvalue weighted by Crippen LogP contribution is -2.22. The van der Waals surface area contributed by atoms with Crippen molar-refractivity contribution in [2.24, 2.45) is 5.73 Å². The van der Waals surface area contributed by atoms with E-state index in [-0.39, 0.29) is 5.91 Å². The number of primary amides is 1. The SMILES string of the molecule is NC(=O)c1cccc(CNC(=O)CCCc2cccs2)c1. The number of rotatable bonds is 7. The highest BCUT2D eigenvalue weighted by molar-refractivity contribution is 7.09. The van der Waals surface area contributed by atoms with Crippen LogP contribution in [0, 0.1) is 0 Å². The molecular formula is C16H18N2O2S. The summed E-state index contributed by atoms with van der Waals surface area (Å²) in [5, 5.41) is 4.90. The summed E-state index contributed by atoms with van der Waals surface area (Å²) in [6.45, 7) is 0.416. The number of carbonyl (C=O) groups excluding carboxylic acids is 2. The molecule has 21 heavy (non-hydrogen) atoms. The van der Waals surface area contributed by atoms with Crippen LogP contribution < -0.4 is 11.1 Å². The van der Waals surface area contributed by atoms with Crippen LogP contribution in [-0.4, -0.2) is 11.8 Å². The zero-order valence-electron chi connectivity index (χ0n) is 11.7. The maximum absolute atomic E-state index is 11.8. The zero-order valence-corrected chi connectivity index (χ0v) is 12.5. The Labute approximate surface area is 128 Å². The van der Waals surface area contributed by atoms with Gasteiger partial charge in [-0.25, -0.2) is 0 Å². The zero-order chi connectivity index (χ0) is 15.1. The molecule has 0 aliphatic rings. The third-order valence-corrected chi connectivity index (χ3v) is 4.04. The van der Waals surface area contributed by atoms with E-state index >= 15 is 0 Å². The fourth-order valence-electron chi connectivity index (χ4n) is 2.00. The lowest BCUT2D eigenvalue weighted by atomic mass is 10.1. The average molecular weight is 302 g/mol. The van der Waals surface area contributed by atoms with E-state index in [4.69, 9.17) is 5.73 Å². The van der Waals surface area contributed by atoms with Gasteiger partial charge in [0.15, 0.2) is 0 Å². The Balaban J connectivity index is 1.73. The molecule has 2 amide bonds. The summed E-state index contributed by atoms with van der Waals surface area (Å²) in [5.74, 6) is -0.435. The first kappa shape index (κ1) is 15.3. The fourth-order valence-corrected chi connectivity index (χ4v) is 2.75. The molecule has 0 aliphatic heterocycles. The van der Waals surface area contributed by atoms with Gasteiger partial charge in [-0.2, -0.15) is 0 Å². The van der Waals surface area contributed by atoms with Gasteiger partial charge in [-0.15, -0.1) is 11.3 Å². The van der Waals surface area contributed by atoms with Gasteiger partial charge in [0.05, 0.1) is 0 Å². The van der Waals surface area contributed by atoms with Crippen LogP contribution in [0.5, 0.6) is 0 Å². The molecule has 0 radical (unpaired) electrons. The maximum Gasteiger partial charge on any atom is 0.248 e. The van der Waals surface area contributed by atoms with Gasteiger partial charge in [0.25, 0.3) is 0 Å². The molecule has 5 heteroatoms. The first-order chi connectivity index (χ1) is 10.1. The van der Waals surface area contributed by atoms with E-state index in [0.717, 1.165) is 18.4 Å².